The van der Waals surface area contributed by atoms with Crippen molar-refractivity contribution in [1.29, 1.82) is 0 Å². The second-order valence-corrected chi connectivity index (χ2v) is 3.95. The molecule has 0 amide bonds. The zero-order valence-electron chi connectivity index (χ0n) is 8.64. The molecule has 0 saturated carbocycles. The van der Waals surface area contributed by atoms with Crippen molar-refractivity contribution in [1.82, 2.24) is 0 Å². The Morgan fingerprint density at radius 3 is 2.73 bits per heavy atom. The first-order valence-corrected chi connectivity index (χ1v) is 5.24. The van der Waals surface area contributed by atoms with Gasteiger partial charge in [0.15, 0.2) is 0 Å². The van der Waals surface area contributed by atoms with E-state index >= 15 is 0 Å². The Kier molecular flexibility index (Phi) is 4.50. The predicted octanol–water partition coefficient (Wildman–Crippen LogP) is 2.34. The monoisotopic (exact) mass is 277 g/mol. The summed E-state index contributed by atoms with van der Waals surface area (Å²) in [5.74, 6) is 5.31. The molecule has 0 aliphatic rings. The lowest BCUT2D eigenvalue weighted by Gasteiger charge is -2.13. The summed E-state index contributed by atoms with van der Waals surface area (Å²) in [5, 5.41) is 0. The van der Waals surface area contributed by atoms with E-state index in [0.29, 0.717) is 28.8 Å². The third kappa shape index (κ3) is 2.68. The first kappa shape index (κ1) is 12.4. The van der Waals surface area contributed by atoms with Gasteiger partial charge in [-0.3, -0.25) is 0 Å². The standard InChI is InChI=1S/C10H13BrFNO2/c1-6-7(3-4-15-13)10(14-2)8(11)5-9(6)12/h5H,3-4,13H2,1-2H3. The first-order valence-electron chi connectivity index (χ1n) is 4.45. The van der Waals surface area contributed by atoms with Gasteiger partial charge >= 0.3 is 0 Å². The molecule has 0 radical (unpaired) electrons. The van der Waals surface area contributed by atoms with Crippen LogP contribution in [0.3, 0.4) is 0 Å². The van der Waals surface area contributed by atoms with Crippen LogP contribution in [0.25, 0.3) is 0 Å². The van der Waals surface area contributed by atoms with E-state index in [1.165, 1.54) is 6.07 Å². The average Bonchev–Trinajstić information content (AvgIpc) is 2.21. The minimum Gasteiger partial charge on any atom is -0.495 e. The smallest absolute Gasteiger partial charge is 0.136 e. The Morgan fingerprint density at radius 2 is 2.20 bits per heavy atom. The van der Waals surface area contributed by atoms with Crippen molar-refractivity contribution >= 4 is 15.9 Å². The maximum atomic E-state index is 13.4. The lowest BCUT2D eigenvalue weighted by Crippen LogP contribution is -2.07. The lowest BCUT2D eigenvalue weighted by molar-refractivity contribution is 0.140. The molecule has 0 saturated heterocycles. The second kappa shape index (κ2) is 5.44. The molecule has 0 aromatic heterocycles. The highest BCUT2D eigenvalue weighted by atomic mass is 79.9. The summed E-state index contributed by atoms with van der Waals surface area (Å²) in [7, 11) is 1.55. The fourth-order valence-corrected chi connectivity index (χ4v) is 2.03. The van der Waals surface area contributed by atoms with E-state index in [-0.39, 0.29) is 5.82 Å². The highest BCUT2D eigenvalue weighted by Crippen LogP contribution is 2.33. The zero-order valence-corrected chi connectivity index (χ0v) is 10.2. The maximum absolute atomic E-state index is 13.4. The van der Waals surface area contributed by atoms with Gasteiger partial charge in [0, 0.05) is 12.0 Å². The summed E-state index contributed by atoms with van der Waals surface area (Å²) in [6.45, 7) is 2.03. The molecule has 0 aliphatic carbocycles. The first-order chi connectivity index (χ1) is 7.11. The fourth-order valence-electron chi connectivity index (χ4n) is 1.43. The van der Waals surface area contributed by atoms with Gasteiger partial charge in [-0.2, -0.15) is 0 Å². The summed E-state index contributed by atoms with van der Waals surface area (Å²) in [6, 6.07) is 1.39. The van der Waals surface area contributed by atoms with Crippen LogP contribution in [0.4, 0.5) is 4.39 Å². The molecule has 15 heavy (non-hydrogen) atoms. The van der Waals surface area contributed by atoms with Crippen LogP contribution in [0.2, 0.25) is 0 Å². The minimum absolute atomic E-state index is 0.269. The molecule has 5 heteroatoms. The van der Waals surface area contributed by atoms with Crippen LogP contribution < -0.4 is 10.6 Å². The lowest BCUT2D eigenvalue weighted by atomic mass is 10.0. The van der Waals surface area contributed by atoms with Crippen molar-refractivity contribution in [2.75, 3.05) is 13.7 Å². The Labute approximate surface area is 96.4 Å². The number of ether oxygens (including phenoxy) is 1. The number of methoxy groups -OCH3 is 1. The summed E-state index contributed by atoms with van der Waals surface area (Å²) in [4.78, 5) is 4.49. The van der Waals surface area contributed by atoms with Gasteiger partial charge in [-0.25, -0.2) is 10.3 Å². The molecule has 0 bridgehead atoms. The topological polar surface area (TPSA) is 44.5 Å². The molecule has 84 valence electrons. The second-order valence-electron chi connectivity index (χ2n) is 3.10. The Hall–Kier alpha value is -0.650. The Balaban J connectivity index is 3.18. The molecular formula is C10H13BrFNO2. The SMILES string of the molecule is COc1c(Br)cc(F)c(C)c1CCON. The molecule has 0 fully saturated rings. The maximum Gasteiger partial charge on any atom is 0.136 e. The molecule has 0 heterocycles. The van der Waals surface area contributed by atoms with Crippen LogP contribution in [0.5, 0.6) is 5.75 Å². The van der Waals surface area contributed by atoms with Crippen LogP contribution in [0, 0.1) is 12.7 Å². The Morgan fingerprint density at radius 1 is 1.53 bits per heavy atom. The van der Waals surface area contributed by atoms with Gasteiger partial charge in [-0.05, 0) is 34.5 Å². The third-order valence-electron chi connectivity index (χ3n) is 2.23. The van der Waals surface area contributed by atoms with E-state index in [4.69, 9.17) is 10.6 Å². The van der Waals surface area contributed by atoms with E-state index in [1.54, 1.807) is 14.0 Å². The molecule has 0 aliphatic heterocycles. The van der Waals surface area contributed by atoms with Gasteiger partial charge in [0.25, 0.3) is 0 Å². The highest BCUT2D eigenvalue weighted by Gasteiger charge is 2.14. The third-order valence-corrected chi connectivity index (χ3v) is 2.82. The number of hydrogen-bond donors (Lipinski definition) is 1. The van der Waals surface area contributed by atoms with Gasteiger partial charge < -0.3 is 9.57 Å². The quantitative estimate of drug-likeness (QED) is 0.860. The number of benzene rings is 1. The van der Waals surface area contributed by atoms with Crippen molar-refractivity contribution in [2.24, 2.45) is 5.90 Å². The molecule has 3 nitrogen and oxygen atoms in total. The van der Waals surface area contributed by atoms with Gasteiger partial charge in [-0.15, -0.1) is 0 Å². The van der Waals surface area contributed by atoms with Crippen LogP contribution >= 0.6 is 15.9 Å². The van der Waals surface area contributed by atoms with Crippen LogP contribution in [0.1, 0.15) is 11.1 Å². The van der Waals surface area contributed by atoms with Crippen LogP contribution in [-0.4, -0.2) is 13.7 Å². The Bertz CT molecular complexity index is 358. The van der Waals surface area contributed by atoms with Crippen LogP contribution in [-0.2, 0) is 11.3 Å². The van der Waals surface area contributed by atoms with Crippen molar-refractivity contribution in [2.45, 2.75) is 13.3 Å². The molecule has 1 aromatic rings. The van der Waals surface area contributed by atoms with Crippen LogP contribution in [0.15, 0.2) is 10.5 Å². The number of hydrogen-bond acceptors (Lipinski definition) is 3. The number of rotatable bonds is 4. The predicted molar refractivity (Wildman–Crippen MR) is 59.2 cm³/mol. The molecule has 1 rings (SSSR count). The van der Waals surface area contributed by atoms with E-state index < -0.39 is 0 Å². The largest absolute Gasteiger partial charge is 0.495 e. The summed E-state index contributed by atoms with van der Waals surface area (Å²) >= 11 is 3.25. The molecule has 2 N–H and O–H groups in total. The van der Waals surface area contributed by atoms with Crippen molar-refractivity contribution < 1.29 is 14.0 Å². The molecular weight excluding hydrogens is 265 g/mol. The average molecular weight is 278 g/mol. The number of halogens is 2. The van der Waals surface area contributed by atoms with E-state index in [1.807, 2.05) is 0 Å². The van der Waals surface area contributed by atoms with Crippen molar-refractivity contribution in [3.63, 3.8) is 0 Å². The molecule has 0 unspecified atom stereocenters. The minimum atomic E-state index is -0.269. The van der Waals surface area contributed by atoms with Crippen molar-refractivity contribution in [3.05, 3.63) is 27.5 Å². The normalized spacial score (nSPS) is 10.5. The van der Waals surface area contributed by atoms with E-state index in [9.17, 15) is 4.39 Å². The summed E-state index contributed by atoms with van der Waals surface area (Å²) in [5.41, 5.74) is 1.34. The van der Waals surface area contributed by atoms with Gasteiger partial charge in [0.05, 0.1) is 18.2 Å². The summed E-state index contributed by atoms with van der Waals surface area (Å²) < 4.78 is 19.2. The van der Waals surface area contributed by atoms with Gasteiger partial charge in [-0.1, -0.05) is 0 Å². The molecule has 0 atom stereocenters. The molecule has 0 spiro atoms. The highest BCUT2D eigenvalue weighted by molar-refractivity contribution is 9.10. The zero-order chi connectivity index (χ0) is 11.4. The van der Waals surface area contributed by atoms with E-state index in [2.05, 4.69) is 20.8 Å². The molecule has 1 aromatic carbocycles. The van der Waals surface area contributed by atoms with Gasteiger partial charge in [0.1, 0.15) is 11.6 Å². The van der Waals surface area contributed by atoms with Gasteiger partial charge in [0.2, 0.25) is 0 Å². The fraction of sp³-hybridized carbons (Fsp3) is 0.400. The summed E-state index contributed by atoms with van der Waals surface area (Å²) in [6.07, 6.45) is 0.516. The number of nitrogens with two attached hydrogens (primary N) is 1. The van der Waals surface area contributed by atoms with E-state index in [0.717, 1.165) is 5.56 Å². The van der Waals surface area contributed by atoms with Crippen molar-refractivity contribution in [3.8, 4) is 5.75 Å².